The number of esters is 2. The Bertz CT molecular complexity index is 2560. The molecule has 0 saturated heterocycles. The number of halogens is 1. The lowest BCUT2D eigenvalue weighted by Gasteiger charge is -2.29. The maximum absolute atomic E-state index is 11.8. The third-order valence-corrected chi connectivity index (χ3v) is 12.3. The summed E-state index contributed by atoms with van der Waals surface area (Å²) in [6, 6.07) is 12.9. The topological polar surface area (TPSA) is 222 Å². The van der Waals surface area contributed by atoms with E-state index in [1.165, 1.54) is 12.8 Å². The number of pyridine rings is 4. The van der Waals surface area contributed by atoms with Crippen LogP contribution in [0.15, 0.2) is 73.6 Å². The smallest absolute Gasteiger partial charge is 0.310 e. The largest absolute Gasteiger partial charge is 0.479 e. The van der Waals surface area contributed by atoms with Gasteiger partial charge in [-0.15, -0.1) is 0 Å². The standard InChI is InChI=1S/C25H32N6O3.C20H23IN6O.C6H12O2/c1-16(2)34-22(32)12-18-14-28-25(29-15-18)27-13-17-4-7-20(8-5-17)30-21-9-6-19-10-11-26-24(33-3)23(19)31-21;1-28-19-18-14(8-9-22-19)4-7-17(27-18)26-16-5-2-13(3-6-16)10-23-20-24-11-15(21)12-25-20;1-4-6(7)8-5(2)3/h6,9-11,14-17,20H,4-5,7-8,12-13H2,1-3H3,(H,30,31)(H,27,28,29);4,7-9,11-13,16H,2-3,5-6,10H2,1H3,(H,26,27)(H,23,24,25);5H,4H2,1-3H3. The van der Waals surface area contributed by atoms with E-state index in [1.807, 2.05) is 70.4 Å². The number of anilines is 4. The van der Waals surface area contributed by atoms with Gasteiger partial charge in [0.05, 0.1) is 32.8 Å². The van der Waals surface area contributed by atoms with Crippen molar-refractivity contribution in [3.63, 3.8) is 0 Å². The summed E-state index contributed by atoms with van der Waals surface area (Å²) in [4.78, 5) is 57.4. The summed E-state index contributed by atoms with van der Waals surface area (Å²) in [5, 5.41) is 15.9. The monoisotopic (exact) mass is 1070 g/mol. The molecular formula is C51H67IN12O6. The Labute approximate surface area is 424 Å². The van der Waals surface area contributed by atoms with Crippen molar-refractivity contribution in [1.82, 2.24) is 39.9 Å². The van der Waals surface area contributed by atoms with E-state index < -0.39 is 0 Å². The van der Waals surface area contributed by atoms with Crippen LogP contribution in [-0.4, -0.2) is 103 Å². The number of carbonyl (C=O) groups is 2. The van der Waals surface area contributed by atoms with Gasteiger partial charge in [-0.3, -0.25) is 9.59 Å². The van der Waals surface area contributed by atoms with E-state index in [0.717, 1.165) is 94.2 Å². The summed E-state index contributed by atoms with van der Waals surface area (Å²) in [5.74, 6) is 4.97. The number of hydrogen-bond acceptors (Lipinski definition) is 18. The Kier molecular flexibility index (Phi) is 20.7. The maximum atomic E-state index is 11.8. The minimum atomic E-state index is -0.264. The predicted octanol–water partition coefficient (Wildman–Crippen LogP) is 9.47. The van der Waals surface area contributed by atoms with Gasteiger partial charge in [-0.25, -0.2) is 39.9 Å². The molecule has 374 valence electrons. The van der Waals surface area contributed by atoms with Gasteiger partial charge in [-0.1, -0.05) is 6.92 Å². The lowest BCUT2D eigenvalue weighted by molar-refractivity contribution is -0.147. The van der Waals surface area contributed by atoms with E-state index in [4.69, 9.17) is 28.9 Å². The van der Waals surface area contributed by atoms with Crippen LogP contribution in [0.3, 0.4) is 0 Å². The Morgan fingerprint density at radius 3 is 1.43 bits per heavy atom. The lowest BCUT2D eigenvalue weighted by atomic mass is 9.86. The maximum Gasteiger partial charge on any atom is 0.310 e. The molecule has 0 aliphatic heterocycles. The van der Waals surface area contributed by atoms with Gasteiger partial charge in [-0.05, 0) is 150 Å². The highest BCUT2D eigenvalue weighted by Crippen LogP contribution is 2.30. The van der Waals surface area contributed by atoms with Crippen LogP contribution >= 0.6 is 22.6 Å². The van der Waals surface area contributed by atoms with Crippen molar-refractivity contribution >= 4 is 79.9 Å². The fourth-order valence-electron chi connectivity index (χ4n) is 8.17. The van der Waals surface area contributed by atoms with E-state index in [2.05, 4.69) is 79.8 Å². The molecule has 0 unspecified atom stereocenters. The molecule has 2 aliphatic rings. The van der Waals surface area contributed by atoms with Crippen molar-refractivity contribution in [3.05, 3.63) is 82.7 Å². The Morgan fingerprint density at radius 2 is 1.03 bits per heavy atom. The van der Waals surface area contributed by atoms with Gasteiger partial charge in [0.2, 0.25) is 23.7 Å². The molecule has 0 amide bonds. The zero-order chi connectivity index (χ0) is 49.8. The van der Waals surface area contributed by atoms with Crippen LogP contribution in [0.4, 0.5) is 23.5 Å². The van der Waals surface area contributed by atoms with Crippen molar-refractivity contribution < 1.29 is 28.5 Å². The number of rotatable bonds is 17. The zero-order valence-corrected chi connectivity index (χ0v) is 43.4. The molecule has 0 aromatic carbocycles. The molecule has 18 nitrogen and oxygen atoms in total. The third-order valence-electron chi connectivity index (χ3n) is 11.7. The molecule has 4 N–H and O–H groups in total. The van der Waals surface area contributed by atoms with Crippen LogP contribution < -0.4 is 30.7 Å². The fraction of sp³-hybridized carbons (Fsp3) is 0.490. The van der Waals surface area contributed by atoms with Crippen LogP contribution in [0, 0.1) is 15.4 Å². The Morgan fingerprint density at radius 1 is 0.600 bits per heavy atom. The van der Waals surface area contributed by atoms with Gasteiger partial charge in [0, 0.05) is 88.7 Å². The molecule has 2 saturated carbocycles. The first-order chi connectivity index (χ1) is 33.9. The highest BCUT2D eigenvalue weighted by atomic mass is 127. The van der Waals surface area contributed by atoms with Crippen LogP contribution in [0.5, 0.6) is 11.8 Å². The number of methoxy groups -OCH3 is 2. The minimum absolute atomic E-state index is 0.0300. The molecule has 6 heterocycles. The number of hydrogen-bond donors (Lipinski definition) is 4. The van der Waals surface area contributed by atoms with Crippen molar-refractivity contribution in [1.29, 1.82) is 0 Å². The second kappa shape index (κ2) is 27.2. The molecule has 0 radical (unpaired) electrons. The van der Waals surface area contributed by atoms with Crippen molar-refractivity contribution in [3.8, 4) is 11.8 Å². The van der Waals surface area contributed by atoms with Gasteiger partial charge in [0.15, 0.2) is 0 Å². The molecule has 2 aliphatic carbocycles. The molecule has 8 rings (SSSR count). The number of aromatic nitrogens is 8. The van der Waals surface area contributed by atoms with E-state index in [9.17, 15) is 9.59 Å². The summed E-state index contributed by atoms with van der Waals surface area (Å²) in [7, 11) is 3.24. The van der Waals surface area contributed by atoms with Crippen molar-refractivity contribution in [2.45, 2.75) is 123 Å². The summed E-state index contributed by atoms with van der Waals surface area (Å²) in [6.07, 6.45) is 20.0. The third kappa shape index (κ3) is 17.0. The zero-order valence-electron chi connectivity index (χ0n) is 41.3. The molecular weight excluding hydrogens is 1000 g/mol. The van der Waals surface area contributed by atoms with Gasteiger partial charge in [0.25, 0.3) is 0 Å². The van der Waals surface area contributed by atoms with Gasteiger partial charge in [-0.2, -0.15) is 0 Å². The van der Waals surface area contributed by atoms with Gasteiger partial charge >= 0.3 is 11.9 Å². The summed E-state index contributed by atoms with van der Waals surface area (Å²) >= 11 is 2.21. The van der Waals surface area contributed by atoms with Crippen molar-refractivity contribution in [2.24, 2.45) is 11.8 Å². The summed E-state index contributed by atoms with van der Waals surface area (Å²) in [6.45, 7) is 10.9. The van der Waals surface area contributed by atoms with E-state index in [1.54, 1.807) is 45.9 Å². The van der Waals surface area contributed by atoms with Gasteiger partial charge in [0.1, 0.15) is 22.7 Å². The lowest BCUT2D eigenvalue weighted by Crippen LogP contribution is -2.29. The number of ether oxygens (including phenoxy) is 4. The predicted molar refractivity (Wildman–Crippen MR) is 281 cm³/mol. The number of nitrogens with zero attached hydrogens (tertiary/aromatic N) is 8. The highest BCUT2D eigenvalue weighted by Gasteiger charge is 2.23. The first-order valence-corrected chi connectivity index (χ1v) is 25.2. The second-order valence-electron chi connectivity index (χ2n) is 17.9. The van der Waals surface area contributed by atoms with Gasteiger partial charge < -0.3 is 40.2 Å². The number of nitrogens with one attached hydrogen (secondary N) is 4. The van der Waals surface area contributed by atoms with Crippen LogP contribution in [-0.2, 0) is 25.5 Å². The van der Waals surface area contributed by atoms with Crippen LogP contribution in [0.25, 0.3) is 21.8 Å². The molecule has 70 heavy (non-hydrogen) atoms. The molecule has 0 spiro atoms. The van der Waals surface area contributed by atoms with Crippen LogP contribution in [0.1, 0.15) is 98.0 Å². The first kappa shape index (κ1) is 53.1. The number of fused-ring (bicyclic) bond motifs is 2. The molecule has 19 heteroatoms. The summed E-state index contributed by atoms with van der Waals surface area (Å²) < 4.78 is 21.7. The van der Waals surface area contributed by atoms with Crippen molar-refractivity contribution in [2.75, 3.05) is 48.6 Å². The van der Waals surface area contributed by atoms with E-state index in [0.29, 0.717) is 54.0 Å². The molecule has 0 bridgehead atoms. The minimum Gasteiger partial charge on any atom is -0.479 e. The second-order valence-corrected chi connectivity index (χ2v) is 19.2. The Balaban J connectivity index is 0.000000201. The van der Waals surface area contributed by atoms with E-state index in [-0.39, 0.29) is 30.6 Å². The first-order valence-electron chi connectivity index (χ1n) is 24.2. The van der Waals surface area contributed by atoms with Crippen LogP contribution in [0.2, 0.25) is 0 Å². The molecule has 2 fully saturated rings. The molecule has 6 aromatic heterocycles. The summed E-state index contributed by atoms with van der Waals surface area (Å²) in [5.41, 5.74) is 2.32. The normalized spacial score (nSPS) is 17.6. The SMILES string of the molecule is CCC(=O)OC(C)C.COc1nccc2ccc(NC3CCC(CNc4ncc(CC(=O)OC(C)C)cn4)CC3)nc12.COc1nccc2ccc(NC3CCC(CNc4ncc(I)cn4)CC3)nc12. The molecule has 6 aromatic rings. The quantitative estimate of drug-likeness (QED) is 0.0493. The average molecular weight is 1070 g/mol. The average Bonchev–Trinajstić information content (AvgIpc) is 3.36. The Hall–Kier alpha value is -6.25. The highest BCUT2D eigenvalue weighted by molar-refractivity contribution is 14.1. The van der Waals surface area contributed by atoms with E-state index >= 15 is 0 Å². The fourth-order valence-corrected chi connectivity index (χ4v) is 8.45. The molecule has 0 atom stereocenters. The number of carbonyl (C=O) groups excluding carboxylic acids is 2.